The van der Waals surface area contributed by atoms with Crippen molar-refractivity contribution in [2.75, 3.05) is 13.1 Å². The van der Waals surface area contributed by atoms with Crippen molar-refractivity contribution in [2.24, 2.45) is 5.92 Å². The second-order valence-corrected chi connectivity index (χ2v) is 6.54. The molecule has 2 amide bonds. The monoisotopic (exact) mass is 312 g/mol. The van der Waals surface area contributed by atoms with Crippen LogP contribution in [0.5, 0.6) is 0 Å². The smallest absolute Gasteiger partial charge is 0.317 e. The molecular weight excluding hydrogens is 294 g/mol. The number of amides is 2. The molecule has 1 aromatic rings. The first-order valence-electron chi connectivity index (χ1n) is 7.78. The molecule has 2 unspecified atom stereocenters. The zero-order chi connectivity index (χ0) is 15.3. The topological polar surface area (TPSA) is 71.3 Å². The molecule has 2 heterocycles. The van der Waals surface area contributed by atoms with Gasteiger partial charge in [0.1, 0.15) is 0 Å². The number of alkyl halides is 2. The normalized spacial score (nSPS) is 29.1. The van der Waals surface area contributed by atoms with Crippen molar-refractivity contribution in [3.8, 4) is 0 Å². The molecule has 1 saturated heterocycles. The second-order valence-electron chi connectivity index (χ2n) is 6.54. The number of likely N-dealkylation sites (tertiary alicyclic amines) is 1. The first-order chi connectivity index (χ1) is 10.5. The van der Waals surface area contributed by atoms with Gasteiger partial charge in [-0.2, -0.15) is 4.98 Å². The summed E-state index contributed by atoms with van der Waals surface area (Å²) in [5.41, 5.74) is 0. The Morgan fingerprint density at radius 2 is 2.27 bits per heavy atom. The van der Waals surface area contributed by atoms with Gasteiger partial charge in [-0.05, 0) is 25.2 Å². The zero-order valence-corrected chi connectivity index (χ0v) is 12.1. The number of nitrogens with zero attached hydrogens (tertiary/aromatic N) is 3. The third-order valence-electron chi connectivity index (χ3n) is 4.74. The van der Waals surface area contributed by atoms with E-state index in [0.717, 1.165) is 18.7 Å². The molecule has 2 bridgehead atoms. The van der Waals surface area contributed by atoms with Gasteiger partial charge in [-0.3, -0.25) is 0 Å². The van der Waals surface area contributed by atoms with E-state index in [0.29, 0.717) is 37.7 Å². The number of halogens is 2. The number of carbonyl (C=O) groups is 1. The van der Waals surface area contributed by atoms with Crippen molar-refractivity contribution in [3.05, 3.63) is 11.7 Å². The summed E-state index contributed by atoms with van der Waals surface area (Å²) in [7, 11) is 0. The minimum absolute atomic E-state index is 0.0669. The SMILES string of the molecule is O=C(NCCc1nc(C2CC2)no1)N1CC2CC1C(F)(F)C2. The Balaban J connectivity index is 1.27. The van der Waals surface area contributed by atoms with Gasteiger partial charge in [-0.25, -0.2) is 13.6 Å². The van der Waals surface area contributed by atoms with Crippen molar-refractivity contribution in [1.82, 2.24) is 20.4 Å². The summed E-state index contributed by atoms with van der Waals surface area (Å²) in [5, 5.41) is 6.57. The third kappa shape index (κ3) is 2.44. The molecule has 1 aliphatic heterocycles. The van der Waals surface area contributed by atoms with Gasteiger partial charge in [0.2, 0.25) is 5.89 Å². The summed E-state index contributed by atoms with van der Waals surface area (Å²) in [6, 6.07) is -1.36. The van der Waals surface area contributed by atoms with E-state index in [1.54, 1.807) is 0 Å². The van der Waals surface area contributed by atoms with Crippen LogP contribution in [0.1, 0.15) is 43.3 Å². The molecular formula is C14H18F2N4O2. The fourth-order valence-corrected chi connectivity index (χ4v) is 3.47. The molecule has 2 saturated carbocycles. The molecule has 0 spiro atoms. The van der Waals surface area contributed by atoms with Crippen molar-refractivity contribution in [1.29, 1.82) is 0 Å². The lowest BCUT2D eigenvalue weighted by Gasteiger charge is -2.32. The number of rotatable bonds is 4. The summed E-state index contributed by atoms with van der Waals surface area (Å²) in [4.78, 5) is 17.6. The minimum Gasteiger partial charge on any atom is -0.339 e. The second kappa shape index (κ2) is 4.89. The Morgan fingerprint density at radius 3 is 2.95 bits per heavy atom. The molecule has 6 nitrogen and oxygen atoms in total. The average molecular weight is 312 g/mol. The minimum atomic E-state index is -2.74. The van der Waals surface area contributed by atoms with Gasteiger partial charge in [0.05, 0.1) is 6.04 Å². The first-order valence-corrected chi connectivity index (χ1v) is 7.78. The van der Waals surface area contributed by atoms with Crippen LogP contribution in [-0.2, 0) is 6.42 Å². The van der Waals surface area contributed by atoms with Crippen LogP contribution in [0, 0.1) is 5.92 Å². The Hall–Kier alpha value is -1.73. The molecule has 2 aliphatic carbocycles. The standard InChI is InChI=1S/C14H18F2N4O2/c15-14(16)6-8-5-10(14)20(7-8)13(21)17-4-3-11-18-12(19-22-11)9-1-2-9/h8-10H,1-7H2,(H,17,21). The van der Waals surface area contributed by atoms with Crippen LogP contribution in [0.4, 0.5) is 13.6 Å². The van der Waals surface area contributed by atoms with E-state index in [2.05, 4.69) is 15.5 Å². The largest absolute Gasteiger partial charge is 0.339 e. The Labute approximate surface area is 126 Å². The summed E-state index contributed by atoms with van der Waals surface area (Å²) in [5.74, 6) is -1.17. The van der Waals surface area contributed by atoms with Crippen LogP contribution in [0.15, 0.2) is 4.52 Å². The highest BCUT2D eigenvalue weighted by molar-refractivity contribution is 5.75. The van der Waals surface area contributed by atoms with Crippen molar-refractivity contribution >= 4 is 6.03 Å². The number of nitrogens with one attached hydrogen (secondary N) is 1. The summed E-state index contributed by atoms with van der Waals surface area (Å²) < 4.78 is 32.4. The van der Waals surface area contributed by atoms with Gasteiger partial charge in [-0.15, -0.1) is 0 Å². The summed E-state index contributed by atoms with van der Waals surface area (Å²) in [6.07, 6.45) is 2.94. The van der Waals surface area contributed by atoms with Crippen LogP contribution >= 0.6 is 0 Å². The molecule has 22 heavy (non-hydrogen) atoms. The van der Waals surface area contributed by atoms with Gasteiger partial charge in [0.25, 0.3) is 5.92 Å². The zero-order valence-electron chi connectivity index (χ0n) is 12.1. The molecule has 1 aromatic heterocycles. The van der Waals surface area contributed by atoms with Crippen LogP contribution in [0.2, 0.25) is 0 Å². The maximum atomic E-state index is 13.7. The Morgan fingerprint density at radius 1 is 1.45 bits per heavy atom. The molecule has 8 heteroatoms. The predicted molar refractivity (Wildman–Crippen MR) is 71.5 cm³/mol. The summed E-state index contributed by atoms with van der Waals surface area (Å²) >= 11 is 0. The van der Waals surface area contributed by atoms with Crippen LogP contribution in [0.3, 0.4) is 0 Å². The molecule has 2 atom stereocenters. The van der Waals surface area contributed by atoms with Gasteiger partial charge in [0.15, 0.2) is 5.82 Å². The number of fused-ring (bicyclic) bond motifs is 2. The molecule has 3 aliphatic rings. The quantitative estimate of drug-likeness (QED) is 0.922. The van der Waals surface area contributed by atoms with Crippen LogP contribution in [0.25, 0.3) is 0 Å². The lowest BCUT2D eigenvalue weighted by molar-refractivity contribution is -0.0643. The van der Waals surface area contributed by atoms with Crippen molar-refractivity contribution < 1.29 is 18.1 Å². The van der Waals surface area contributed by atoms with Gasteiger partial charge in [0, 0.05) is 31.8 Å². The van der Waals surface area contributed by atoms with Gasteiger partial charge in [-0.1, -0.05) is 5.16 Å². The number of urea groups is 1. The molecule has 4 rings (SSSR count). The maximum Gasteiger partial charge on any atom is 0.317 e. The first kappa shape index (κ1) is 13.9. The maximum absolute atomic E-state index is 13.7. The summed E-state index contributed by atoms with van der Waals surface area (Å²) in [6.45, 7) is 0.739. The number of carbonyl (C=O) groups excluding carboxylic acids is 1. The van der Waals surface area contributed by atoms with E-state index < -0.39 is 18.0 Å². The van der Waals surface area contributed by atoms with E-state index in [1.165, 1.54) is 4.90 Å². The highest BCUT2D eigenvalue weighted by Crippen LogP contribution is 2.47. The fourth-order valence-electron chi connectivity index (χ4n) is 3.47. The van der Waals surface area contributed by atoms with E-state index in [9.17, 15) is 13.6 Å². The predicted octanol–water partition coefficient (Wildman–Crippen LogP) is 1.93. The fraction of sp³-hybridized carbons (Fsp3) is 0.786. The highest BCUT2D eigenvalue weighted by atomic mass is 19.3. The molecule has 0 radical (unpaired) electrons. The van der Waals surface area contributed by atoms with E-state index in [-0.39, 0.29) is 12.3 Å². The molecule has 3 fully saturated rings. The highest BCUT2D eigenvalue weighted by Gasteiger charge is 2.58. The molecule has 1 N–H and O–H groups in total. The van der Waals surface area contributed by atoms with Crippen LogP contribution in [-0.4, -0.2) is 46.1 Å². The van der Waals surface area contributed by atoms with Crippen molar-refractivity contribution in [3.63, 3.8) is 0 Å². The number of piperidine rings is 1. The number of hydrogen-bond donors (Lipinski definition) is 1. The van der Waals surface area contributed by atoms with Crippen LogP contribution < -0.4 is 5.32 Å². The van der Waals surface area contributed by atoms with E-state index in [4.69, 9.17) is 4.52 Å². The van der Waals surface area contributed by atoms with E-state index in [1.807, 2.05) is 0 Å². The number of aromatic nitrogens is 2. The van der Waals surface area contributed by atoms with Gasteiger partial charge >= 0.3 is 6.03 Å². The van der Waals surface area contributed by atoms with E-state index >= 15 is 0 Å². The van der Waals surface area contributed by atoms with Crippen molar-refractivity contribution in [2.45, 2.75) is 50.0 Å². The Bertz CT molecular complexity index is 587. The Kier molecular flexibility index (Phi) is 3.09. The molecule has 0 aromatic carbocycles. The van der Waals surface area contributed by atoms with Gasteiger partial charge < -0.3 is 14.7 Å². The number of hydrogen-bond acceptors (Lipinski definition) is 4. The lowest BCUT2D eigenvalue weighted by atomic mass is 10.1. The third-order valence-corrected chi connectivity index (χ3v) is 4.74. The average Bonchev–Trinajstić information content (AvgIpc) is 2.93. The lowest BCUT2D eigenvalue weighted by Crippen LogP contribution is -2.52. The molecule has 120 valence electrons.